The minimum Gasteiger partial charge on any atom is -0.0879 e. The molecule has 0 saturated carbocycles. The summed E-state index contributed by atoms with van der Waals surface area (Å²) < 4.78 is 0. The first-order valence-corrected chi connectivity index (χ1v) is 5.52. The fourth-order valence-corrected chi connectivity index (χ4v) is 1.33. The summed E-state index contributed by atoms with van der Waals surface area (Å²) in [5.74, 6) is 0. The molecule has 0 saturated heterocycles. The Morgan fingerprint density at radius 1 is 0.714 bits per heavy atom. The Labute approximate surface area is 87.7 Å². The van der Waals surface area contributed by atoms with Crippen LogP contribution in [0.5, 0.6) is 0 Å². The molecule has 0 atom stereocenters. The highest BCUT2D eigenvalue weighted by Crippen LogP contribution is 2.01. The maximum absolute atomic E-state index is 3.29. The molecule has 0 heteroatoms. The van der Waals surface area contributed by atoms with Gasteiger partial charge in [-0.25, -0.2) is 0 Å². The van der Waals surface area contributed by atoms with Gasteiger partial charge in [0.25, 0.3) is 0 Å². The fraction of sp³-hybridized carbons (Fsp3) is 0.429. The van der Waals surface area contributed by atoms with Gasteiger partial charge in [-0.15, -0.1) is 0 Å². The molecule has 1 rings (SSSR count). The highest BCUT2D eigenvalue weighted by atomic mass is 13.9. The zero-order valence-electron chi connectivity index (χ0n) is 8.78. The maximum Gasteiger partial charge on any atom is -0.00979 e. The van der Waals surface area contributed by atoms with Gasteiger partial charge in [0.15, 0.2) is 0 Å². The van der Waals surface area contributed by atoms with Gasteiger partial charge < -0.3 is 0 Å². The minimum atomic E-state index is 0.972. The zero-order valence-corrected chi connectivity index (χ0v) is 8.78. The fourth-order valence-electron chi connectivity index (χ4n) is 1.33. The normalized spacial score (nSPS) is 28.6. The van der Waals surface area contributed by atoms with Crippen molar-refractivity contribution in [2.45, 2.75) is 38.5 Å². The third-order valence-electron chi connectivity index (χ3n) is 2.15. The third-order valence-corrected chi connectivity index (χ3v) is 2.15. The van der Waals surface area contributed by atoms with E-state index < -0.39 is 0 Å². The van der Waals surface area contributed by atoms with Crippen LogP contribution in [0.4, 0.5) is 0 Å². The van der Waals surface area contributed by atoms with Gasteiger partial charge in [-0.2, -0.15) is 0 Å². The van der Waals surface area contributed by atoms with Crippen LogP contribution in [0.2, 0.25) is 0 Å². The van der Waals surface area contributed by atoms with Crippen LogP contribution in [-0.2, 0) is 0 Å². The predicted octanol–water partition coefficient (Wildman–Crippen LogP) is 4.37. The molecule has 0 aromatic rings. The standard InChI is InChI=1S/C14H19/c1-2-4-6-8-10-12-14-13-11-9-7-5-3-1/h1-4,9,11-12H,5-8,10,13H2/b3-1+,4-2+,11-9+,14-12?. The summed E-state index contributed by atoms with van der Waals surface area (Å²) in [4.78, 5) is 0. The number of rotatable bonds is 0. The lowest BCUT2D eigenvalue weighted by Crippen LogP contribution is -1.71. The van der Waals surface area contributed by atoms with Crippen molar-refractivity contribution in [3.8, 4) is 0 Å². The average Bonchev–Trinajstić information content (AvgIpc) is 2.22. The largest absolute Gasteiger partial charge is 0.0879 e. The lowest BCUT2D eigenvalue weighted by molar-refractivity contribution is 0.863. The summed E-state index contributed by atoms with van der Waals surface area (Å²) in [6.07, 6.45) is 25.5. The van der Waals surface area contributed by atoms with Gasteiger partial charge in [-0.1, -0.05) is 42.5 Å². The molecule has 0 bridgehead atoms. The summed E-state index contributed by atoms with van der Waals surface area (Å²) in [6, 6.07) is 0. The number of hydrogen-bond donors (Lipinski definition) is 0. The monoisotopic (exact) mass is 187 g/mol. The van der Waals surface area contributed by atoms with E-state index in [1.165, 1.54) is 12.8 Å². The van der Waals surface area contributed by atoms with E-state index in [1.807, 2.05) is 0 Å². The van der Waals surface area contributed by atoms with E-state index in [9.17, 15) is 0 Å². The first kappa shape index (κ1) is 11.0. The van der Waals surface area contributed by atoms with E-state index in [4.69, 9.17) is 0 Å². The molecule has 1 aliphatic carbocycles. The third kappa shape index (κ3) is 6.47. The summed E-state index contributed by atoms with van der Waals surface area (Å²) in [6.45, 7) is 0. The van der Waals surface area contributed by atoms with Gasteiger partial charge in [0.1, 0.15) is 0 Å². The van der Waals surface area contributed by atoms with E-state index in [1.54, 1.807) is 0 Å². The van der Waals surface area contributed by atoms with Gasteiger partial charge in [0, 0.05) is 0 Å². The Hall–Kier alpha value is -1.04. The van der Waals surface area contributed by atoms with Crippen LogP contribution in [0.25, 0.3) is 0 Å². The van der Waals surface area contributed by atoms with Gasteiger partial charge in [0.2, 0.25) is 0 Å². The van der Waals surface area contributed by atoms with E-state index in [0.29, 0.717) is 0 Å². The molecule has 0 amide bonds. The van der Waals surface area contributed by atoms with Crippen molar-refractivity contribution >= 4 is 0 Å². The van der Waals surface area contributed by atoms with Crippen molar-refractivity contribution in [2.24, 2.45) is 0 Å². The van der Waals surface area contributed by atoms with Gasteiger partial charge in [-0.3, -0.25) is 0 Å². The Bertz CT molecular complexity index is 228. The van der Waals surface area contributed by atoms with E-state index >= 15 is 0 Å². The van der Waals surface area contributed by atoms with Crippen molar-refractivity contribution in [3.05, 3.63) is 48.6 Å². The second kappa shape index (κ2) is 8.55. The molecule has 75 valence electrons. The van der Waals surface area contributed by atoms with Crippen LogP contribution < -0.4 is 0 Å². The molecule has 0 unspecified atom stereocenters. The quantitative estimate of drug-likeness (QED) is 0.494. The van der Waals surface area contributed by atoms with E-state index in [2.05, 4.69) is 48.6 Å². The first-order valence-electron chi connectivity index (χ1n) is 5.52. The predicted molar refractivity (Wildman–Crippen MR) is 62.9 cm³/mol. The summed E-state index contributed by atoms with van der Waals surface area (Å²) in [7, 11) is 0. The molecule has 0 heterocycles. The smallest absolute Gasteiger partial charge is 0.00979 e. The highest BCUT2D eigenvalue weighted by Gasteiger charge is 1.81. The van der Waals surface area contributed by atoms with Crippen molar-refractivity contribution in [3.63, 3.8) is 0 Å². The Kier molecular flexibility index (Phi) is 6.74. The second-order valence-corrected chi connectivity index (χ2v) is 3.45. The van der Waals surface area contributed by atoms with Crippen molar-refractivity contribution in [2.75, 3.05) is 0 Å². The lowest BCUT2D eigenvalue weighted by atomic mass is 10.2. The van der Waals surface area contributed by atoms with Crippen LogP contribution in [0, 0.1) is 6.08 Å². The second-order valence-electron chi connectivity index (χ2n) is 3.45. The molecule has 1 aliphatic rings. The summed E-state index contributed by atoms with van der Waals surface area (Å²) in [5.41, 5.74) is 0. The Morgan fingerprint density at radius 3 is 2.43 bits per heavy atom. The number of allylic oxidation sites excluding steroid dienone is 8. The minimum absolute atomic E-state index is 0.972. The molecular formula is C14H19. The van der Waals surface area contributed by atoms with Gasteiger partial charge in [0.05, 0.1) is 0 Å². The molecule has 0 aromatic carbocycles. The van der Waals surface area contributed by atoms with E-state index in [-0.39, 0.29) is 0 Å². The average molecular weight is 187 g/mol. The maximum atomic E-state index is 3.29. The van der Waals surface area contributed by atoms with Gasteiger partial charge in [-0.05, 0) is 44.6 Å². The van der Waals surface area contributed by atoms with Gasteiger partial charge >= 0.3 is 0 Å². The first-order chi connectivity index (χ1) is 7.00. The SMILES string of the molecule is [C]1=C/CCC/C=C/C=C/CC/C=C/C/1. The zero-order chi connectivity index (χ0) is 9.90. The van der Waals surface area contributed by atoms with Crippen LogP contribution in [0.15, 0.2) is 42.5 Å². The summed E-state index contributed by atoms with van der Waals surface area (Å²) >= 11 is 0. The van der Waals surface area contributed by atoms with Crippen LogP contribution in [-0.4, -0.2) is 0 Å². The van der Waals surface area contributed by atoms with Crippen LogP contribution >= 0.6 is 0 Å². The molecule has 0 fully saturated rings. The van der Waals surface area contributed by atoms with Crippen molar-refractivity contribution < 1.29 is 0 Å². The van der Waals surface area contributed by atoms with E-state index in [0.717, 1.165) is 25.7 Å². The molecule has 0 aliphatic heterocycles. The molecule has 0 nitrogen and oxygen atoms in total. The number of hydrogen-bond acceptors (Lipinski definition) is 0. The molecule has 0 N–H and O–H groups in total. The van der Waals surface area contributed by atoms with Crippen molar-refractivity contribution in [1.29, 1.82) is 0 Å². The molecular weight excluding hydrogens is 168 g/mol. The molecule has 14 heavy (non-hydrogen) atoms. The van der Waals surface area contributed by atoms with Crippen LogP contribution in [0.3, 0.4) is 0 Å². The molecule has 0 spiro atoms. The topological polar surface area (TPSA) is 0 Å². The van der Waals surface area contributed by atoms with Crippen LogP contribution in [0.1, 0.15) is 38.5 Å². The van der Waals surface area contributed by atoms with Crippen molar-refractivity contribution in [1.82, 2.24) is 0 Å². The Morgan fingerprint density at radius 2 is 1.50 bits per heavy atom. The molecule has 0 aromatic heterocycles. The summed E-state index contributed by atoms with van der Waals surface area (Å²) in [5, 5.41) is 0. The highest BCUT2D eigenvalue weighted by molar-refractivity contribution is 5.03. The lowest BCUT2D eigenvalue weighted by Gasteiger charge is -1.91. The molecule has 1 radical (unpaired) electrons. The Balaban J connectivity index is 2.34.